The van der Waals surface area contributed by atoms with Crippen LogP contribution in [0.4, 0.5) is 0 Å². The van der Waals surface area contributed by atoms with Gasteiger partial charge in [0.05, 0.1) is 27.6 Å². The summed E-state index contributed by atoms with van der Waals surface area (Å²) >= 11 is 11.2. The Bertz CT molecular complexity index is 824. The van der Waals surface area contributed by atoms with E-state index in [0.29, 0.717) is 21.9 Å². The average Bonchev–Trinajstić information content (AvgIpc) is 2.75. The molecule has 2 aromatic rings. The summed E-state index contributed by atoms with van der Waals surface area (Å²) in [6, 6.07) is 1.74. The first-order valence-corrected chi connectivity index (χ1v) is 8.39. The number of pyridine rings is 1. The van der Waals surface area contributed by atoms with Gasteiger partial charge in [0.15, 0.2) is 20.3 Å². The van der Waals surface area contributed by atoms with Crippen molar-refractivity contribution in [3.63, 3.8) is 0 Å². The molecule has 1 saturated heterocycles. The fourth-order valence-corrected chi connectivity index (χ4v) is 5.33. The van der Waals surface area contributed by atoms with Gasteiger partial charge in [-0.25, -0.2) is 13.4 Å². The van der Waals surface area contributed by atoms with Crippen molar-refractivity contribution in [2.45, 2.75) is 18.9 Å². The van der Waals surface area contributed by atoms with E-state index in [0.717, 1.165) is 5.52 Å². The minimum absolute atomic E-state index is 0.0889. The van der Waals surface area contributed by atoms with Crippen LogP contribution in [0.15, 0.2) is 12.3 Å². The van der Waals surface area contributed by atoms with E-state index >= 15 is 0 Å². The van der Waals surface area contributed by atoms with Crippen LogP contribution in [0, 0.1) is 4.77 Å². The third kappa shape index (κ3) is 2.09. The summed E-state index contributed by atoms with van der Waals surface area (Å²) in [5.74, 6) is 0.275. The van der Waals surface area contributed by atoms with E-state index in [9.17, 15) is 8.42 Å². The largest absolute Gasteiger partial charge is 0.329 e. The molecule has 0 spiro atoms. The third-order valence-electron chi connectivity index (χ3n) is 3.51. The van der Waals surface area contributed by atoms with Crippen molar-refractivity contribution >= 4 is 44.8 Å². The first-order chi connectivity index (χ1) is 8.81. The minimum atomic E-state index is -3.01. The van der Waals surface area contributed by atoms with Gasteiger partial charge in [0.2, 0.25) is 0 Å². The number of imidazole rings is 1. The lowest BCUT2D eigenvalue weighted by atomic mass is 10.0. The van der Waals surface area contributed by atoms with Crippen LogP contribution in [0.1, 0.15) is 13.3 Å². The van der Waals surface area contributed by atoms with Crippen molar-refractivity contribution in [3.8, 4) is 0 Å². The van der Waals surface area contributed by atoms with Gasteiger partial charge in [-0.05, 0) is 31.6 Å². The summed E-state index contributed by atoms with van der Waals surface area (Å²) in [6.45, 7) is 1.90. The molecule has 0 bridgehead atoms. The second kappa shape index (κ2) is 4.04. The van der Waals surface area contributed by atoms with Crippen LogP contribution >= 0.6 is 23.8 Å². The molecular weight excluding hydrogens is 306 g/mol. The maximum absolute atomic E-state index is 11.7. The van der Waals surface area contributed by atoms with Crippen LogP contribution in [-0.2, 0) is 15.4 Å². The molecule has 0 amide bonds. The van der Waals surface area contributed by atoms with E-state index < -0.39 is 15.4 Å². The summed E-state index contributed by atoms with van der Waals surface area (Å²) in [5.41, 5.74) is 0.826. The lowest BCUT2D eigenvalue weighted by Crippen LogP contribution is -2.31. The van der Waals surface area contributed by atoms with Crippen molar-refractivity contribution in [1.29, 1.82) is 0 Å². The Morgan fingerprint density at radius 3 is 2.95 bits per heavy atom. The molecule has 19 heavy (non-hydrogen) atoms. The van der Waals surface area contributed by atoms with E-state index in [1.165, 1.54) is 6.20 Å². The van der Waals surface area contributed by atoms with Gasteiger partial charge in [-0.15, -0.1) is 0 Å². The molecule has 1 N–H and O–H groups in total. The van der Waals surface area contributed by atoms with E-state index in [1.807, 2.05) is 6.92 Å². The number of hydrogen-bond acceptors (Lipinski definition) is 4. The van der Waals surface area contributed by atoms with Crippen LogP contribution in [-0.4, -0.2) is 34.5 Å². The number of nitrogens with zero attached hydrogens (tertiary/aromatic N) is 2. The second-order valence-electron chi connectivity index (χ2n) is 5.13. The number of sulfone groups is 1. The number of aromatic nitrogens is 3. The zero-order chi connectivity index (χ0) is 13.8. The number of nitrogens with one attached hydrogen (secondary N) is 1. The Morgan fingerprint density at radius 1 is 1.58 bits per heavy atom. The van der Waals surface area contributed by atoms with Crippen LogP contribution in [0.5, 0.6) is 0 Å². The van der Waals surface area contributed by atoms with Gasteiger partial charge in [-0.3, -0.25) is 4.57 Å². The lowest BCUT2D eigenvalue weighted by Gasteiger charge is -2.24. The highest BCUT2D eigenvalue weighted by Gasteiger charge is 2.41. The molecule has 102 valence electrons. The van der Waals surface area contributed by atoms with Crippen LogP contribution in [0.2, 0.25) is 5.02 Å². The molecule has 0 aliphatic carbocycles. The highest BCUT2D eigenvalue weighted by molar-refractivity contribution is 7.91. The van der Waals surface area contributed by atoms with Crippen molar-refractivity contribution in [2.24, 2.45) is 0 Å². The first kappa shape index (κ1) is 13.1. The van der Waals surface area contributed by atoms with E-state index in [2.05, 4.69) is 9.97 Å². The fraction of sp³-hybridized carbons (Fsp3) is 0.455. The first-order valence-electron chi connectivity index (χ1n) is 5.78. The molecule has 1 aliphatic heterocycles. The maximum Gasteiger partial charge on any atom is 0.179 e. The zero-order valence-corrected chi connectivity index (χ0v) is 12.6. The number of hydrogen-bond donors (Lipinski definition) is 1. The Balaban J connectivity index is 2.26. The number of H-pyrrole nitrogens is 1. The molecule has 2 aromatic heterocycles. The number of rotatable bonds is 1. The summed E-state index contributed by atoms with van der Waals surface area (Å²) in [4.78, 5) is 7.31. The highest BCUT2D eigenvalue weighted by atomic mass is 35.5. The van der Waals surface area contributed by atoms with Crippen LogP contribution < -0.4 is 0 Å². The molecular formula is C11H12ClN3O2S2. The van der Waals surface area contributed by atoms with Gasteiger partial charge >= 0.3 is 0 Å². The summed E-state index contributed by atoms with van der Waals surface area (Å²) < 4.78 is 25.8. The van der Waals surface area contributed by atoms with Crippen molar-refractivity contribution in [2.75, 3.05) is 11.5 Å². The monoisotopic (exact) mass is 317 g/mol. The van der Waals surface area contributed by atoms with Gasteiger partial charge < -0.3 is 4.98 Å². The molecule has 5 nitrogen and oxygen atoms in total. The quantitative estimate of drug-likeness (QED) is 0.819. The van der Waals surface area contributed by atoms with Gasteiger partial charge in [0.1, 0.15) is 0 Å². The predicted molar refractivity (Wildman–Crippen MR) is 76.8 cm³/mol. The van der Waals surface area contributed by atoms with Crippen molar-refractivity contribution in [1.82, 2.24) is 14.5 Å². The van der Waals surface area contributed by atoms with Crippen molar-refractivity contribution in [3.05, 3.63) is 22.1 Å². The number of halogens is 1. The average molecular weight is 318 g/mol. The Labute approximate surface area is 120 Å². The smallest absolute Gasteiger partial charge is 0.179 e. The fourth-order valence-electron chi connectivity index (χ4n) is 2.64. The molecule has 1 fully saturated rings. The number of aromatic amines is 1. The van der Waals surface area contributed by atoms with Gasteiger partial charge in [0, 0.05) is 6.20 Å². The molecule has 1 aliphatic rings. The summed E-state index contributed by atoms with van der Waals surface area (Å²) in [5, 5.41) is 0.514. The van der Waals surface area contributed by atoms with Crippen LogP contribution in [0.3, 0.4) is 0 Å². The SMILES string of the molecule is CC1(n2c(=S)[nH]c3cc(Cl)cnc32)CCS(=O)(=O)C1. The van der Waals surface area contributed by atoms with Gasteiger partial charge in [0.25, 0.3) is 0 Å². The molecule has 0 radical (unpaired) electrons. The van der Waals surface area contributed by atoms with Gasteiger partial charge in [-0.1, -0.05) is 11.6 Å². The van der Waals surface area contributed by atoms with E-state index in [1.54, 1.807) is 10.6 Å². The second-order valence-corrected chi connectivity index (χ2v) is 8.14. The molecule has 3 rings (SSSR count). The lowest BCUT2D eigenvalue weighted by molar-refractivity contribution is 0.370. The molecule has 0 saturated carbocycles. The van der Waals surface area contributed by atoms with Gasteiger partial charge in [-0.2, -0.15) is 0 Å². The minimum Gasteiger partial charge on any atom is -0.329 e. The standard InChI is InChI=1S/C11H12ClN3O2S2/c1-11(2-3-19(16,17)6-11)15-9-8(14-10(15)18)4-7(12)5-13-9/h4-5H,2-3,6H2,1H3,(H,14,18). The van der Waals surface area contributed by atoms with Crippen molar-refractivity contribution < 1.29 is 8.42 Å². The summed E-state index contributed by atoms with van der Waals surface area (Å²) in [6.07, 6.45) is 2.08. The zero-order valence-electron chi connectivity index (χ0n) is 10.2. The molecule has 1 atom stereocenters. The molecule has 8 heteroatoms. The number of fused-ring (bicyclic) bond motifs is 1. The molecule has 1 unspecified atom stereocenters. The maximum atomic E-state index is 11.7. The third-order valence-corrected chi connectivity index (χ3v) is 5.89. The van der Waals surface area contributed by atoms with E-state index in [-0.39, 0.29) is 11.5 Å². The predicted octanol–water partition coefficient (Wildman–Crippen LogP) is 2.28. The Morgan fingerprint density at radius 2 is 2.32 bits per heavy atom. The molecule has 0 aromatic carbocycles. The normalized spacial score (nSPS) is 26.0. The van der Waals surface area contributed by atoms with E-state index in [4.69, 9.17) is 23.8 Å². The van der Waals surface area contributed by atoms with Crippen LogP contribution in [0.25, 0.3) is 11.2 Å². The Kier molecular flexibility index (Phi) is 2.78. The topological polar surface area (TPSA) is 67.8 Å². The summed E-state index contributed by atoms with van der Waals surface area (Å²) in [7, 11) is -3.01. The highest BCUT2D eigenvalue weighted by Crippen LogP contribution is 2.33. The Hall–Kier alpha value is -0.920. The molecule has 3 heterocycles.